The van der Waals surface area contributed by atoms with Crippen molar-refractivity contribution in [1.82, 2.24) is 5.32 Å². The minimum Gasteiger partial charge on any atom is -0.328 e. The van der Waals surface area contributed by atoms with Gasteiger partial charge in [-0.25, -0.2) is 0 Å². The van der Waals surface area contributed by atoms with Crippen molar-refractivity contribution in [2.45, 2.75) is 85.4 Å². The van der Waals surface area contributed by atoms with Crippen LogP contribution in [0.4, 0.5) is 0 Å². The molecule has 0 amide bonds. The number of nitrogens with two attached hydrogens (primary N) is 1. The van der Waals surface area contributed by atoms with Crippen molar-refractivity contribution in [2.75, 3.05) is 0 Å². The Bertz CT molecular complexity index is 407. The molecule has 0 aromatic rings. The van der Waals surface area contributed by atoms with Crippen molar-refractivity contribution in [2.24, 2.45) is 47.2 Å². The highest BCUT2D eigenvalue weighted by atomic mass is 15.0. The summed E-state index contributed by atoms with van der Waals surface area (Å²) in [6.07, 6.45) is 6.96. The molecule has 10 unspecified atom stereocenters. The van der Waals surface area contributed by atoms with Crippen LogP contribution < -0.4 is 11.1 Å². The molecule has 3 N–H and O–H groups in total. The molecule has 2 fully saturated rings. The van der Waals surface area contributed by atoms with Crippen LogP contribution in [-0.2, 0) is 0 Å². The van der Waals surface area contributed by atoms with Gasteiger partial charge in [-0.05, 0) is 67.1 Å². The van der Waals surface area contributed by atoms with E-state index >= 15 is 0 Å². The first-order valence-electron chi connectivity index (χ1n) is 10.4. The van der Waals surface area contributed by atoms with E-state index in [9.17, 15) is 0 Å². The highest BCUT2D eigenvalue weighted by Gasteiger charge is 2.45. The fourth-order valence-corrected chi connectivity index (χ4v) is 5.07. The summed E-state index contributed by atoms with van der Waals surface area (Å²) in [5, 5.41) is 4.12. The minimum atomic E-state index is 0.271. The first-order valence-corrected chi connectivity index (χ1v) is 10.4. The van der Waals surface area contributed by atoms with Gasteiger partial charge in [-0.15, -0.1) is 6.58 Å². The smallest absolute Gasteiger partial charge is 0.0126 e. The average Bonchev–Trinajstić information content (AvgIpc) is 3.24. The van der Waals surface area contributed by atoms with E-state index in [1.165, 1.54) is 12.8 Å². The lowest BCUT2D eigenvalue weighted by molar-refractivity contribution is 0.117. The van der Waals surface area contributed by atoms with Crippen molar-refractivity contribution in [3.05, 3.63) is 12.7 Å². The Morgan fingerprint density at radius 2 is 1.67 bits per heavy atom. The fraction of sp³-hybridized carbons (Fsp3) is 0.909. The summed E-state index contributed by atoms with van der Waals surface area (Å²) in [7, 11) is 0. The Hall–Kier alpha value is -0.340. The Morgan fingerprint density at radius 1 is 1.04 bits per heavy atom. The standard InChI is InChI=1S/C22H42N2/c1-8-13(2)9-19(23)12-21-18(7)17(6)14(3)10-16(5)22(24-21)20-11-15(20)4/h8,13-22,24H,1,9-12,23H2,2-7H3. The van der Waals surface area contributed by atoms with Gasteiger partial charge in [0.15, 0.2) is 0 Å². The molecule has 1 heterocycles. The highest BCUT2D eigenvalue weighted by Crippen LogP contribution is 2.46. The van der Waals surface area contributed by atoms with Crippen LogP contribution in [-0.4, -0.2) is 18.1 Å². The molecule has 1 aliphatic carbocycles. The summed E-state index contributed by atoms with van der Waals surface area (Å²) in [6.45, 7) is 18.4. The molecule has 0 radical (unpaired) electrons. The maximum absolute atomic E-state index is 6.52. The third-order valence-corrected chi connectivity index (χ3v) is 7.39. The maximum atomic E-state index is 6.52. The molecule has 2 rings (SSSR count). The topological polar surface area (TPSA) is 38.0 Å². The second kappa shape index (κ2) is 8.36. The number of allylic oxidation sites excluding steroid dienone is 1. The van der Waals surface area contributed by atoms with Crippen LogP contribution in [0, 0.1) is 41.4 Å². The van der Waals surface area contributed by atoms with Crippen LogP contribution in [0.25, 0.3) is 0 Å². The van der Waals surface area contributed by atoms with Crippen LogP contribution in [0.2, 0.25) is 0 Å². The zero-order valence-corrected chi connectivity index (χ0v) is 17.0. The van der Waals surface area contributed by atoms with Crippen molar-refractivity contribution < 1.29 is 0 Å². The second-order valence-electron chi connectivity index (χ2n) is 9.53. The summed E-state index contributed by atoms with van der Waals surface area (Å²) in [6, 6.07) is 1.51. The Morgan fingerprint density at radius 3 is 2.21 bits per heavy atom. The molecular formula is C22H42N2. The van der Waals surface area contributed by atoms with Gasteiger partial charge in [-0.3, -0.25) is 0 Å². The Balaban J connectivity index is 2.09. The summed E-state index contributed by atoms with van der Waals surface area (Å²) in [4.78, 5) is 0. The van der Waals surface area contributed by atoms with E-state index in [1.807, 2.05) is 6.08 Å². The molecule has 2 heteroatoms. The quantitative estimate of drug-likeness (QED) is 0.682. The molecule has 1 saturated heterocycles. The SMILES string of the molecule is C=CC(C)CC(N)CC1NC(C2CC2C)C(C)CC(C)C(C)C1C. The summed E-state index contributed by atoms with van der Waals surface area (Å²) < 4.78 is 0. The predicted octanol–water partition coefficient (Wildman–Crippen LogP) is 4.85. The molecule has 24 heavy (non-hydrogen) atoms. The largest absolute Gasteiger partial charge is 0.328 e. The van der Waals surface area contributed by atoms with Gasteiger partial charge in [-0.1, -0.05) is 47.6 Å². The third kappa shape index (κ3) is 4.85. The van der Waals surface area contributed by atoms with Gasteiger partial charge in [0, 0.05) is 18.1 Å². The van der Waals surface area contributed by atoms with Gasteiger partial charge in [-0.2, -0.15) is 0 Å². The molecule has 1 saturated carbocycles. The van der Waals surface area contributed by atoms with E-state index in [-0.39, 0.29) is 6.04 Å². The van der Waals surface area contributed by atoms with E-state index in [1.54, 1.807) is 0 Å². The maximum Gasteiger partial charge on any atom is 0.0126 e. The van der Waals surface area contributed by atoms with Gasteiger partial charge in [0.1, 0.15) is 0 Å². The molecule has 0 bridgehead atoms. The molecule has 140 valence electrons. The normalized spacial score (nSPS) is 45.8. The lowest BCUT2D eigenvalue weighted by atomic mass is 9.72. The molecular weight excluding hydrogens is 292 g/mol. The van der Waals surface area contributed by atoms with E-state index in [4.69, 9.17) is 5.73 Å². The lowest BCUT2D eigenvalue weighted by Crippen LogP contribution is -2.52. The second-order valence-corrected chi connectivity index (χ2v) is 9.53. The fourth-order valence-electron chi connectivity index (χ4n) is 5.07. The van der Waals surface area contributed by atoms with Gasteiger partial charge < -0.3 is 11.1 Å². The number of nitrogens with one attached hydrogen (secondary N) is 1. The van der Waals surface area contributed by atoms with Crippen molar-refractivity contribution in [3.8, 4) is 0 Å². The van der Waals surface area contributed by atoms with Gasteiger partial charge in [0.05, 0.1) is 0 Å². The van der Waals surface area contributed by atoms with Gasteiger partial charge in [0.2, 0.25) is 0 Å². The number of hydrogen-bond donors (Lipinski definition) is 2. The average molecular weight is 335 g/mol. The van der Waals surface area contributed by atoms with E-state index in [0.717, 1.165) is 42.4 Å². The van der Waals surface area contributed by atoms with Crippen LogP contribution in [0.15, 0.2) is 12.7 Å². The van der Waals surface area contributed by atoms with E-state index in [2.05, 4.69) is 53.4 Å². The molecule has 0 aromatic heterocycles. The van der Waals surface area contributed by atoms with Crippen molar-refractivity contribution in [1.29, 1.82) is 0 Å². The first-order chi connectivity index (χ1) is 11.2. The number of rotatable bonds is 6. The highest BCUT2D eigenvalue weighted by molar-refractivity contribution is 4.99. The zero-order valence-electron chi connectivity index (χ0n) is 17.0. The van der Waals surface area contributed by atoms with E-state index < -0.39 is 0 Å². The summed E-state index contributed by atoms with van der Waals surface area (Å²) in [5.74, 6) is 5.33. The van der Waals surface area contributed by atoms with Gasteiger partial charge in [0.25, 0.3) is 0 Å². The van der Waals surface area contributed by atoms with Crippen LogP contribution in [0.3, 0.4) is 0 Å². The third-order valence-electron chi connectivity index (χ3n) is 7.39. The Labute approximate surface area is 151 Å². The zero-order chi connectivity index (χ0) is 18.0. The lowest BCUT2D eigenvalue weighted by Gasteiger charge is -2.43. The monoisotopic (exact) mass is 334 g/mol. The van der Waals surface area contributed by atoms with Crippen LogP contribution in [0.5, 0.6) is 0 Å². The predicted molar refractivity (Wildman–Crippen MR) is 106 cm³/mol. The molecule has 0 spiro atoms. The first kappa shape index (κ1) is 20.0. The summed E-state index contributed by atoms with van der Waals surface area (Å²) >= 11 is 0. The molecule has 2 aliphatic rings. The number of hydrogen-bond acceptors (Lipinski definition) is 2. The van der Waals surface area contributed by atoms with Crippen LogP contribution >= 0.6 is 0 Å². The van der Waals surface area contributed by atoms with Crippen molar-refractivity contribution >= 4 is 0 Å². The van der Waals surface area contributed by atoms with Crippen LogP contribution in [0.1, 0.15) is 67.2 Å². The van der Waals surface area contributed by atoms with E-state index in [0.29, 0.717) is 23.9 Å². The molecule has 0 aromatic carbocycles. The molecule has 1 aliphatic heterocycles. The van der Waals surface area contributed by atoms with Crippen molar-refractivity contribution in [3.63, 3.8) is 0 Å². The summed E-state index contributed by atoms with van der Waals surface area (Å²) in [5.41, 5.74) is 6.52. The van der Waals surface area contributed by atoms with Gasteiger partial charge >= 0.3 is 0 Å². The molecule has 2 nitrogen and oxygen atoms in total. The Kier molecular flexibility index (Phi) is 6.96. The minimum absolute atomic E-state index is 0.271. The molecule has 10 atom stereocenters.